The molecule has 2 aromatic rings. The van der Waals surface area contributed by atoms with Gasteiger partial charge in [0.1, 0.15) is 5.54 Å². The lowest BCUT2D eigenvalue weighted by atomic mass is 9.87. The highest BCUT2D eigenvalue weighted by atomic mass is 32.1. The van der Waals surface area contributed by atoms with Crippen LogP contribution < -0.4 is 10.6 Å². The van der Waals surface area contributed by atoms with Crippen LogP contribution in [0.5, 0.6) is 0 Å². The van der Waals surface area contributed by atoms with Crippen LogP contribution in [-0.4, -0.2) is 33.8 Å². The van der Waals surface area contributed by atoms with Gasteiger partial charge in [-0.3, -0.25) is 14.8 Å². The summed E-state index contributed by atoms with van der Waals surface area (Å²) in [5.41, 5.74) is 0.573. The number of fused-ring (bicyclic) bond motifs is 1. The third-order valence-electron chi connectivity index (χ3n) is 5.11. The summed E-state index contributed by atoms with van der Waals surface area (Å²) in [6.07, 6.45) is 11.0. The normalized spacial score (nSPS) is 20.2. The first kappa shape index (κ1) is 15.8. The monoisotopic (exact) mass is 345 g/mol. The Kier molecular flexibility index (Phi) is 4.37. The molecule has 1 fully saturated rings. The van der Waals surface area contributed by atoms with Gasteiger partial charge in [0, 0.05) is 17.3 Å². The van der Waals surface area contributed by atoms with Crippen molar-refractivity contribution in [1.82, 2.24) is 20.1 Å². The zero-order chi connectivity index (χ0) is 16.4. The van der Waals surface area contributed by atoms with Crippen molar-refractivity contribution in [1.29, 1.82) is 0 Å². The Bertz CT molecular complexity index is 679. The number of carbonyl (C=O) groups excluding carboxylic acids is 1. The van der Waals surface area contributed by atoms with Crippen LogP contribution in [0.4, 0.5) is 5.13 Å². The van der Waals surface area contributed by atoms with Crippen molar-refractivity contribution in [3.63, 3.8) is 0 Å². The molecule has 6 nitrogen and oxygen atoms in total. The van der Waals surface area contributed by atoms with Gasteiger partial charge in [-0.1, -0.05) is 6.42 Å². The van der Waals surface area contributed by atoms with Crippen LogP contribution >= 0.6 is 11.3 Å². The number of thiazole rings is 1. The Balaban J connectivity index is 1.58. The van der Waals surface area contributed by atoms with Crippen LogP contribution in [0.25, 0.3) is 0 Å². The number of anilines is 1. The van der Waals surface area contributed by atoms with Gasteiger partial charge in [0.2, 0.25) is 0 Å². The number of aryl methyl sites for hydroxylation is 2. The summed E-state index contributed by atoms with van der Waals surface area (Å²) in [5.74, 6) is 0.0107. The van der Waals surface area contributed by atoms with E-state index in [0.29, 0.717) is 0 Å². The topological polar surface area (TPSA) is 71.8 Å². The van der Waals surface area contributed by atoms with Gasteiger partial charge in [-0.15, -0.1) is 11.3 Å². The van der Waals surface area contributed by atoms with Crippen LogP contribution in [-0.2, 0) is 23.2 Å². The molecule has 1 aliphatic carbocycles. The molecule has 3 heterocycles. The average Bonchev–Trinajstić information content (AvgIpc) is 3.22. The largest absolute Gasteiger partial charge is 0.317 e. The van der Waals surface area contributed by atoms with Crippen molar-refractivity contribution < 1.29 is 4.79 Å². The fraction of sp³-hybridized carbons (Fsp3) is 0.588. The Morgan fingerprint density at radius 2 is 2.08 bits per heavy atom. The number of amides is 1. The highest BCUT2D eigenvalue weighted by Gasteiger charge is 2.42. The maximum absolute atomic E-state index is 13.1. The highest BCUT2D eigenvalue weighted by molar-refractivity contribution is 7.15. The molecule has 2 aromatic heterocycles. The standard InChI is InChI=1S/C17H23N5OS/c23-15(17(7-10-18-11-8-17)22-12-4-9-19-22)21-16-20-13-5-2-1-3-6-14(13)24-16/h4,9,12,18H,1-3,5-8,10-11H2,(H,20,21,23). The van der Waals surface area contributed by atoms with Gasteiger partial charge in [-0.2, -0.15) is 5.10 Å². The van der Waals surface area contributed by atoms with Gasteiger partial charge in [0.25, 0.3) is 5.91 Å². The molecule has 24 heavy (non-hydrogen) atoms. The van der Waals surface area contributed by atoms with Crippen molar-refractivity contribution in [3.05, 3.63) is 29.0 Å². The van der Waals surface area contributed by atoms with E-state index >= 15 is 0 Å². The minimum absolute atomic E-state index is 0.0107. The lowest BCUT2D eigenvalue weighted by Gasteiger charge is -2.36. The van der Waals surface area contributed by atoms with Crippen LogP contribution in [0.2, 0.25) is 0 Å². The molecule has 0 unspecified atom stereocenters. The van der Waals surface area contributed by atoms with Gasteiger partial charge in [-0.25, -0.2) is 4.98 Å². The third-order valence-corrected chi connectivity index (χ3v) is 6.19. The predicted molar refractivity (Wildman–Crippen MR) is 94.3 cm³/mol. The molecule has 7 heteroatoms. The molecule has 2 aliphatic rings. The van der Waals surface area contributed by atoms with E-state index in [1.54, 1.807) is 17.5 Å². The minimum atomic E-state index is -0.613. The lowest BCUT2D eigenvalue weighted by molar-refractivity contribution is -0.126. The van der Waals surface area contributed by atoms with E-state index in [1.165, 1.54) is 29.8 Å². The van der Waals surface area contributed by atoms with Crippen LogP contribution in [0, 0.1) is 0 Å². The van der Waals surface area contributed by atoms with Crippen LogP contribution in [0.15, 0.2) is 18.5 Å². The summed E-state index contributed by atoms with van der Waals surface area (Å²) < 4.78 is 1.82. The van der Waals surface area contributed by atoms with Gasteiger partial charge >= 0.3 is 0 Å². The van der Waals surface area contributed by atoms with Gasteiger partial charge < -0.3 is 5.32 Å². The quantitative estimate of drug-likeness (QED) is 0.838. The first-order valence-corrected chi connectivity index (χ1v) is 9.60. The predicted octanol–water partition coefficient (Wildman–Crippen LogP) is 2.33. The number of aromatic nitrogens is 3. The summed E-state index contributed by atoms with van der Waals surface area (Å²) in [5, 5.41) is 11.5. The molecule has 0 aromatic carbocycles. The zero-order valence-corrected chi connectivity index (χ0v) is 14.6. The number of nitrogens with zero attached hydrogens (tertiary/aromatic N) is 3. The Hall–Kier alpha value is -1.73. The summed E-state index contributed by atoms with van der Waals surface area (Å²) in [4.78, 5) is 19.2. The zero-order valence-electron chi connectivity index (χ0n) is 13.8. The van der Waals surface area contributed by atoms with Crippen molar-refractivity contribution in [3.8, 4) is 0 Å². The van der Waals surface area contributed by atoms with E-state index in [0.717, 1.165) is 43.9 Å². The molecule has 1 saturated heterocycles. The summed E-state index contributed by atoms with van der Waals surface area (Å²) in [7, 11) is 0. The summed E-state index contributed by atoms with van der Waals surface area (Å²) >= 11 is 1.65. The first-order valence-electron chi connectivity index (χ1n) is 8.79. The second-order valence-electron chi connectivity index (χ2n) is 6.64. The van der Waals surface area contributed by atoms with E-state index in [4.69, 9.17) is 4.98 Å². The van der Waals surface area contributed by atoms with Gasteiger partial charge in [0.05, 0.1) is 5.69 Å². The maximum atomic E-state index is 13.1. The number of piperidine rings is 1. The molecule has 0 radical (unpaired) electrons. The number of nitrogens with one attached hydrogen (secondary N) is 2. The number of hydrogen-bond donors (Lipinski definition) is 2. The van der Waals surface area contributed by atoms with Crippen molar-refractivity contribution in [2.24, 2.45) is 0 Å². The molecule has 1 amide bonds. The summed E-state index contributed by atoms with van der Waals surface area (Å²) in [6.45, 7) is 1.64. The molecular weight excluding hydrogens is 322 g/mol. The van der Waals surface area contributed by atoms with E-state index in [-0.39, 0.29) is 5.91 Å². The molecule has 128 valence electrons. The van der Waals surface area contributed by atoms with Crippen LogP contribution in [0.3, 0.4) is 0 Å². The molecular formula is C17H23N5OS. The Morgan fingerprint density at radius 3 is 2.88 bits per heavy atom. The van der Waals surface area contributed by atoms with Crippen LogP contribution in [0.1, 0.15) is 42.7 Å². The second kappa shape index (κ2) is 6.64. The summed E-state index contributed by atoms with van der Waals surface area (Å²) in [6, 6.07) is 1.88. The SMILES string of the molecule is O=C(Nc1nc2c(s1)CCCCC2)C1(n2cccn2)CCNCC1. The molecule has 4 rings (SSSR count). The minimum Gasteiger partial charge on any atom is -0.317 e. The molecule has 1 aliphatic heterocycles. The van der Waals surface area contributed by atoms with Gasteiger partial charge in [0.15, 0.2) is 5.13 Å². The molecule has 0 spiro atoms. The van der Waals surface area contributed by atoms with Crippen molar-refractivity contribution in [2.45, 2.75) is 50.5 Å². The van der Waals surface area contributed by atoms with Gasteiger partial charge in [-0.05, 0) is 57.7 Å². The Morgan fingerprint density at radius 1 is 1.25 bits per heavy atom. The first-order chi connectivity index (χ1) is 11.8. The smallest absolute Gasteiger partial charge is 0.254 e. The third kappa shape index (κ3) is 2.86. The van der Waals surface area contributed by atoms with E-state index in [2.05, 4.69) is 15.7 Å². The highest BCUT2D eigenvalue weighted by Crippen LogP contribution is 2.32. The average molecular weight is 345 g/mol. The van der Waals surface area contributed by atoms with Crippen molar-refractivity contribution >= 4 is 22.4 Å². The number of carbonyl (C=O) groups is 1. The number of rotatable bonds is 3. The van der Waals surface area contributed by atoms with E-state index < -0.39 is 5.54 Å². The maximum Gasteiger partial charge on any atom is 0.254 e. The molecule has 0 atom stereocenters. The lowest BCUT2D eigenvalue weighted by Crippen LogP contribution is -2.52. The Labute approximate surface area is 145 Å². The molecule has 2 N–H and O–H groups in total. The van der Waals surface area contributed by atoms with E-state index in [1.807, 2.05) is 16.9 Å². The second-order valence-corrected chi connectivity index (χ2v) is 7.72. The van der Waals surface area contributed by atoms with Crippen molar-refractivity contribution in [2.75, 3.05) is 18.4 Å². The fourth-order valence-electron chi connectivity index (χ4n) is 3.72. The molecule has 0 bridgehead atoms. The number of hydrogen-bond acceptors (Lipinski definition) is 5. The molecule has 0 saturated carbocycles. The fourth-order valence-corrected chi connectivity index (χ4v) is 4.76. The van der Waals surface area contributed by atoms with E-state index in [9.17, 15) is 4.79 Å².